The molecule has 0 aliphatic carbocycles. The van der Waals surface area contributed by atoms with E-state index in [4.69, 9.17) is 11.6 Å². The zero-order valence-corrected chi connectivity index (χ0v) is 12.6. The van der Waals surface area contributed by atoms with Crippen LogP contribution in [0.3, 0.4) is 0 Å². The van der Waals surface area contributed by atoms with Crippen LogP contribution in [0.15, 0.2) is 46.2 Å². The van der Waals surface area contributed by atoms with Gasteiger partial charge in [-0.05, 0) is 24.3 Å². The first-order valence-electron chi connectivity index (χ1n) is 5.81. The number of rotatable bonds is 4. The van der Waals surface area contributed by atoms with Crippen LogP contribution in [0.4, 0.5) is 11.4 Å². The van der Waals surface area contributed by atoms with Crippen LogP contribution in [0.25, 0.3) is 0 Å². The van der Waals surface area contributed by atoms with Gasteiger partial charge in [-0.15, -0.1) is 0 Å². The summed E-state index contributed by atoms with van der Waals surface area (Å²) in [6.07, 6.45) is 0. The predicted molar refractivity (Wildman–Crippen MR) is 78.3 cm³/mol. The summed E-state index contributed by atoms with van der Waals surface area (Å²) in [5.74, 6) is -0.358. The van der Waals surface area contributed by atoms with Crippen molar-refractivity contribution in [3.05, 3.63) is 61.6 Å². The zero-order chi connectivity index (χ0) is 17.4. The molecule has 0 aliphatic rings. The Morgan fingerprint density at radius 1 is 1.00 bits per heavy atom. The Morgan fingerprint density at radius 2 is 1.65 bits per heavy atom. The van der Waals surface area contributed by atoms with Crippen LogP contribution in [0.5, 0.6) is 5.75 Å². The number of nitro benzene ring substituents is 2. The molecule has 2 aromatic rings. The smallest absolute Gasteiger partial charge is 0.295 e. The van der Waals surface area contributed by atoms with E-state index in [1.54, 1.807) is 0 Å². The molecule has 0 unspecified atom stereocenters. The van der Waals surface area contributed by atoms with Crippen molar-refractivity contribution in [2.75, 3.05) is 0 Å². The Kier molecular flexibility index (Phi) is 4.21. The topological polar surface area (TPSA) is 141 Å². The average Bonchev–Trinajstić information content (AvgIpc) is 2.49. The fourth-order valence-corrected chi connectivity index (χ4v) is 3.45. The molecule has 11 heteroatoms. The lowest BCUT2D eigenvalue weighted by Crippen LogP contribution is -2.06. The highest BCUT2D eigenvalue weighted by atomic mass is 35.5. The molecule has 0 fully saturated rings. The molecule has 0 radical (unpaired) electrons. The predicted octanol–water partition coefficient (Wildman–Crippen LogP) is 2.69. The van der Waals surface area contributed by atoms with Gasteiger partial charge in [0.05, 0.1) is 25.8 Å². The minimum Gasteiger partial charge on any atom is -0.506 e. The molecule has 0 saturated heterocycles. The van der Waals surface area contributed by atoms with Crippen molar-refractivity contribution in [3.8, 4) is 5.75 Å². The van der Waals surface area contributed by atoms with Crippen LogP contribution < -0.4 is 0 Å². The maximum atomic E-state index is 12.5. The average molecular weight is 359 g/mol. The van der Waals surface area contributed by atoms with Crippen LogP contribution in [-0.2, 0) is 9.84 Å². The Bertz CT molecular complexity index is 927. The van der Waals surface area contributed by atoms with Crippen molar-refractivity contribution in [2.24, 2.45) is 0 Å². The Balaban J connectivity index is 2.70. The van der Waals surface area contributed by atoms with E-state index in [0.717, 1.165) is 30.3 Å². The van der Waals surface area contributed by atoms with Gasteiger partial charge in [0.25, 0.3) is 11.4 Å². The molecule has 9 nitrogen and oxygen atoms in total. The second-order valence-electron chi connectivity index (χ2n) is 4.28. The number of hydrogen-bond donors (Lipinski definition) is 1. The monoisotopic (exact) mass is 358 g/mol. The number of sulfone groups is 1. The van der Waals surface area contributed by atoms with Gasteiger partial charge in [0.2, 0.25) is 9.84 Å². The molecule has 0 heterocycles. The van der Waals surface area contributed by atoms with Crippen molar-refractivity contribution in [2.45, 2.75) is 9.79 Å². The molecule has 2 aromatic carbocycles. The third-order valence-corrected chi connectivity index (χ3v) is 4.97. The van der Waals surface area contributed by atoms with Crippen molar-refractivity contribution in [3.63, 3.8) is 0 Å². The number of nitrogens with zero attached hydrogens (tertiary/aromatic N) is 2. The van der Waals surface area contributed by atoms with E-state index in [1.165, 1.54) is 0 Å². The molecule has 1 N–H and O–H groups in total. The number of halogens is 1. The maximum Gasteiger partial charge on any atom is 0.295 e. The van der Waals surface area contributed by atoms with Crippen LogP contribution >= 0.6 is 11.6 Å². The lowest BCUT2D eigenvalue weighted by molar-refractivity contribution is -0.396. The number of hydrogen-bond acceptors (Lipinski definition) is 7. The first-order valence-corrected chi connectivity index (χ1v) is 7.67. The second-order valence-corrected chi connectivity index (χ2v) is 6.61. The summed E-state index contributed by atoms with van der Waals surface area (Å²) in [4.78, 5) is 18.7. The molecule has 0 bridgehead atoms. The number of nitro groups is 2. The van der Waals surface area contributed by atoms with Crippen LogP contribution in [0, 0.1) is 20.2 Å². The van der Waals surface area contributed by atoms with Crippen molar-refractivity contribution in [1.29, 1.82) is 0 Å². The minimum atomic E-state index is -4.36. The van der Waals surface area contributed by atoms with E-state index in [9.17, 15) is 33.8 Å². The number of non-ortho nitro benzene ring substituents is 1. The number of aromatic hydroxyl groups is 1. The summed E-state index contributed by atoms with van der Waals surface area (Å²) in [6.45, 7) is 0. The molecular weight excluding hydrogens is 352 g/mol. The molecule has 0 spiro atoms. The highest BCUT2D eigenvalue weighted by molar-refractivity contribution is 7.91. The Labute approximate surface area is 134 Å². The van der Waals surface area contributed by atoms with Gasteiger partial charge in [-0.1, -0.05) is 11.6 Å². The molecule has 120 valence electrons. The normalized spacial score (nSPS) is 11.2. The molecule has 23 heavy (non-hydrogen) atoms. The van der Waals surface area contributed by atoms with Gasteiger partial charge in [0.1, 0.15) is 10.6 Å². The highest BCUT2D eigenvalue weighted by Crippen LogP contribution is 2.34. The van der Waals surface area contributed by atoms with E-state index < -0.39 is 40.8 Å². The summed E-state index contributed by atoms with van der Waals surface area (Å²) < 4.78 is 25.0. The van der Waals surface area contributed by atoms with E-state index in [2.05, 4.69) is 0 Å². The number of phenols is 1. The first-order chi connectivity index (χ1) is 10.6. The molecule has 0 aliphatic heterocycles. The van der Waals surface area contributed by atoms with Crippen molar-refractivity contribution >= 4 is 32.8 Å². The van der Waals surface area contributed by atoms with E-state index in [0.29, 0.717) is 6.07 Å². The fraction of sp³-hybridized carbons (Fsp3) is 0. The largest absolute Gasteiger partial charge is 0.506 e. The summed E-state index contributed by atoms with van der Waals surface area (Å²) >= 11 is 5.64. The zero-order valence-electron chi connectivity index (χ0n) is 11.0. The summed E-state index contributed by atoms with van der Waals surface area (Å²) in [7, 11) is -4.36. The third-order valence-electron chi connectivity index (χ3n) is 2.87. The van der Waals surface area contributed by atoms with Gasteiger partial charge in [-0.3, -0.25) is 20.2 Å². The standard InChI is InChI=1S/C12H7ClN2O7S/c13-9-6-8(2-3-11(9)16)23(21,22)12-4-1-7(14(17)18)5-10(12)15(19)20/h1-6,16H. The molecule has 0 atom stereocenters. The maximum absolute atomic E-state index is 12.5. The second kappa shape index (κ2) is 5.82. The summed E-state index contributed by atoms with van der Waals surface area (Å²) in [5.41, 5.74) is -1.54. The van der Waals surface area contributed by atoms with Gasteiger partial charge >= 0.3 is 0 Å². The van der Waals surface area contributed by atoms with Gasteiger partial charge in [-0.2, -0.15) is 0 Å². The van der Waals surface area contributed by atoms with Gasteiger partial charge in [0, 0.05) is 6.07 Å². The first kappa shape index (κ1) is 16.6. The molecular formula is C12H7ClN2O7S. The third kappa shape index (κ3) is 3.07. The van der Waals surface area contributed by atoms with Gasteiger partial charge in [-0.25, -0.2) is 8.42 Å². The van der Waals surface area contributed by atoms with E-state index >= 15 is 0 Å². The van der Waals surface area contributed by atoms with E-state index in [1.807, 2.05) is 0 Å². The Hall–Kier alpha value is -2.72. The minimum absolute atomic E-state index is 0.254. The van der Waals surface area contributed by atoms with E-state index in [-0.39, 0.29) is 10.8 Å². The quantitative estimate of drug-likeness (QED) is 0.654. The summed E-state index contributed by atoms with van der Waals surface area (Å²) in [5, 5.41) is 30.8. The molecule has 2 rings (SSSR count). The van der Waals surface area contributed by atoms with Crippen LogP contribution in [0.1, 0.15) is 0 Å². The van der Waals surface area contributed by atoms with Crippen molar-refractivity contribution < 1.29 is 23.4 Å². The molecule has 0 aromatic heterocycles. The summed E-state index contributed by atoms with van der Waals surface area (Å²) in [6, 6.07) is 5.16. The fourth-order valence-electron chi connectivity index (χ4n) is 1.77. The molecule has 0 saturated carbocycles. The molecule has 0 amide bonds. The Morgan fingerprint density at radius 3 is 2.17 bits per heavy atom. The number of phenolic OH excluding ortho intramolecular Hbond substituents is 1. The van der Waals surface area contributed by atoms with Gasteiger partial charge < -0.3 is 5.11 Å². The van der Waals surface area contributed by atoms with Crippen molar-refractivity contribution in [1.82, 2.24) is 0 Å². The SMILES string of the molecule is O=[N+]([O-])c1ccc(S(=O)(=O)c2ccc(O)c(Cl)c2)c([N+](=O)[O-])c1. The lowest BCUT2D eigenvalue weighted by Gasteiger charge is -2.06. The van der Waals surface area contributed by atoms with Crippen LogP contribution in [0.2, 0.25) is 5.02 Å². The number of benzene rings is 2. The highest BCUT2D eigenvalue weighted by Gasteiger charge is 2.30. The van der Waals surface area contributed by atoms with Gasteiger partial charge in [0.15, 0.2) is 0 Å². The van der Waals surface area contributed by atoms with Crippen LogP contribution in [-0.4, -0.2) is 23.4 Å². The lowest BCUT2D eigenvalue weighted by atomic mass is 10.3.